The molecule has 0 bridgehead atoms. The number of nitrogens with zero attached hydrogens (tertiary/aromatic N) is 2. The minimum Gasteiger partial charge on any atom is -0.478 e. The van der Waals surface area contributed by atoms with Gasteiger partial charge in [0.25, 0.3) is 5.56 Å². The summed E-state index contributed by atoms with van der Waals surface area (Å²) in [4.78, 5) is 42.7. The van der Waals surface area contributed by atoms with Crippen LogP contribution >= 0.6 is 11.3 Å². The van der Waals surface area contributed by atoms with Crippen molar-refractivity contribution in [2.75, 3.05) is 6.61 Å². The Labute approximate surface area is 219 Å². The molecule has 1 aliphatic rings. The summed E-state index contributed by atoms with van der Waals surface area (Å²) in [7, 11) is 0. The van der Waals surface area contributed by atoms with Crippen LogP contribution in [-0.4, -0.2) is 28.2 Å². The minimum absolute atomic E-state index is 0.127. The average molecular weight is 533 g/mol. The van der Waals surface area contributed by atoms with Crippen molar-refractivity contribution < 1.29 is 28.2 Å². The molecule has 1 atom stereocenters. The summed E-state index contributed by atoms with van der Waals surface area (Å²) in [6.07, 6.45) is 1.57. The van der Waals surface area contributed by atoms with Gasteiger partial charge >= 0.3 is 11.9 Å². The zero-order valence-corrected chi connectivity index (χ0v) is 21.1. The normalized spacial score (nSPS) is 15.2. The molecule has 2 aromatic heterocycles. The predicted octanol–water partition coefficient (Wildman–Crippen LogP) is 3.90. The number of carbonyl (C=O) groups is 2. The number of esters is 1. The van der Waals surface area contributed by atoms with Gasteiger partial charge in [0.15, 0.2) is 4.80 Å². The Morgan fingerprint density at radius 2 is 1.95 bits per heavy atom. The van der Waals surface area contributed by atoms with Crippen LogP contribution in [0.5, 0.6) is 0 Å². The smallest absolute Gasteiger partial charge is 0.338 e. The largest absolute Gasteiger partial charge is 0.478 e. The highest BCUT2D eigenvalue weighted by Crippen LogP contribution is 2.31. The molecule has 2 aromatic carbocycles. The van der Waals surface area contributed by atoms with E-state index in [1.807, 2.05) is 0 Å². The number of rotatable bonds is 6. The van der Waals surface area contributed by atoms with Crippen LogP contribution in [-0.2, 0) is 9.53 Å². The molecule has 1 aliphatic heterocycles. The molecule has 5 rings (SSSR count). The minimum atomic E-state index is -1.05. The Hall–Kier alpha value is -4.57. The Morgan fingerprint density at radius 1 is 1.18 bits per heavy atom. The number of fused-ring (bicyclic) bond motifs is 1. The number of halogens is 1. The second-order valence-corrected chi connectivity index (χ2v) is 9.45. The van der Waals surface area contributed by atoms with Crippen molar-refractivity contribution in [3.63, 3.8) is 0 Å². The van der Waals surface area contributed by atoms with Crippen LogP contribution < -0.4 is 14.9 Å². The number of carboxylic acid groups (broad SMARTS) is 1. The third-order valence-electron chi connectivity index (χ3n) is 6.00. The van der Waals surface area contributed by atoms with Crippen molar-refractivity contribution in [1.29, 1.82) is 0 Å². The van der Waals surface area contributed by atoms with E-state index in [9.17, 15) is 23.9 Å². The summed E-state index contributed by atoms with van der Waals surface area (Å²) in [5.74, 6) is -1.27. The van der Waals surface area contributed by atoms with Gasteiger partial charge in [0, 0.05) is 11.6 Å². The third kappa shape index (κ3) is 4.61. The number of thiazole rings is 1. The molecule has 38 heavy (non-hydrogen) atoms. The molecular weight excluding hydrogens is 511 g/mol. The van der Waals surface area contributed by atoms with Crippen molar-refractivity contribution in [2.24, 2.45) is 4.99 Å². The maximum atomic E-state index is 13.7. The number of hydrogen-bond donors (Lipinski definition) is 1. The molecule has 1 N–H and O–H groups in total. The quantitative estimate of drug-likeness (QED) is 0.377. The fraction of sp³-hybridized carbons (Fsp3) is 0.143. The number of aromatic carboxylic acids is 1. The van der Waals surface area contributed by atoms with E-state index in [1.54, 1.807) is 44.2 Å². The van der Waals surface area contributed by atoms with E-state index in [1.165, 1.54) is 41.0 Å². The number of furan rings is 1. The lowest BCUT2D eigenvalue weighted by molar-refractivity contribution is -0.139. The van der Waals surface area contributed by atoms with E-state index in [4.69, 9.17) is 9.15 Å². The Bertz CT molecular complexity index is 1780. The van der Waals surface area contributed by atoms with Crippen LogP contribution in [0.4, 0.5) is 4.39 Å². The highest BCUT2D eigenvalue weighted by atomic mass is 32.1. The fourth-order valence-corrected chi connectivity index (χ4v) is 5.30. The molecule has 10 heteroatoms. The summed E-state index contributed by atoms with van der Waals surface area (Å²) in [5.41, 5.74) is 1.46. The van der Waals surface area contributed by atoms with Crippen LogP contribution in [0.25, 0.3) is 17.4 Å². The molecule has 8 nitrogen and oxygen atoms in total. The van der Waals surface area contributed by atoms with E-state index in [0.717, 1.165) is 11.3 Å². The van der Waals surface area contributed by atoms with Gasteiger partial charge in [0.2, 0.25) is 0 Å². The maximum absolute atomic E-state index is 13.7. The van der Waals surface area contributed by atoms with Crippen LogP contribution in [0.2, 0.25) is 0 Å². The van der Waals surface area contributed by atoms with E-state index in [0.29, 0.717) is 37.7 Å². The van der Waals surface area contributed by atoms with Gasteiger partial charge in [0.1, 0.15) is 17.3 Å². The topological polar surface area (TPSA) is 111 Å². The number of carbonyl (C=O) groups excluding carboxylic acids is 1. The van der Waals surface area contributed by atoms with Crippen molar-refractivity contribution >= 4 is 29.4 Å². The highest BCUT2D eigenvalue weighted by molar-refractivity contribution is 7.07. The number of allylic oxidation sites excluding steroid dienone is 1. The molecule has 0 aliphatic carbocycles. The standard InChI is InChI=1S/C28H21FN2O6S/c1-3-36-27(35)23-15(2)30-28-31(24(23)16-7-9-19(29)10-8-16)25(32)22(38-28)14-20-11-12-21(37-20)17-5-4-6-18(13-17)26(33)34/h4-14,24H,3H2,1-2H3,(H,33,34)/b22-14-. The van der Waals surface area contributed by atoms with Gasteiger partial charge in [-0.2, -0.15) is 0 Å². The number of ether oxygens (including phenoxy) is 1. The summed E-state index contributed by atoms with van der Waals surface area (Å²) >= 11 is 1.13. The molecule has 0 saturated carbocycles. The van der Waals surface area contributed by atoms with Gasteiger partial charge in [-0.3, -0.25) is 9.36 Å². The van der Waals surface area contributed by atoms with E-state index >= 15 is 0 Å². The zero-order chi connectivity index (χ0) is 27.0. The van der Waals surface area contributed by atoms with Crippen LogP contribution in [0.1, 0.15) is 41.6 Å². The Morgan fingerprint density at radius 3 is 2.66 bits per heavy atom. The van der Waals surface area contributed by atoms with Crippen molar-refractivity contribution in [3.8, 4) is 11.3 Å². The van der Waals surface area contributed by atoms with E-state index in [-0.39, 0.29) is 17.7 Å². The lowest BCUT2D eigenvalue weighted by Crippen LogP contribution is -2.39. The molecule has 0 amide bonds. The second-order valence-electron chi connectivity index (χ2n) is 8.44. The van der Waals surface area contributed by atoms with Gasteiger partial charge in [-0.05, 0) is 55.8 Å². The Kier molecular flexibility index (Phi) is 6.64. The predicted molar refractivity (Wildman–Crippen MR) is 138 cm³/mol. The molecule has 0 spiro atoms. The van der Waals surface area contributed by atoms with Gasteiger partial charge < -0.3 is 14.3 Å². The van der Waals surface area contributed by atoms with Gasteiger partial charge in [-0.25, -0.2) is 19.0 Å². The first kappa shape index (κ1) is 25.1. The molecule has 4 aromatic rings. The highest BCUT2D eigenvalue weighted by Gasteiger charge is 2.33. The number of benzene rings is 2. The molecular formula is C28H21FN2O6S. The molecule has 0 fully saturated rings. The molecule has 0 radical (unpaired) electrons. The summed E-state index contributed by atoms with van der Waals surface area (Å²) in [6.45, 7) is 3.50. The van der Waals surface area contributed by atoms with Crippen LogP contribution in [0, 0.1) is 5.82 Å². The summed E-state index contributed by atoms with van der Waals surface area (Å²) < 4.78 is 26.5. The maximum Gasteiger partial charge on any atom is 0.338 e. The number of hydrogen-bond acceptors (Lipinski definition) is 7. The van der Waals surface area contributed by atoms with Crippen LogP contribution in [0.15, 0.2) is 86.1 Å². The second kappa shape index (κ2) is 10.1. The lowest BCUT2D eigenvalue weighted by atomic mass is 9.96. The van der Waals surface area contributed by atoms with E-state index < -0.39 is 29.4 Å². The Balaban J connectivity index is 1.61. The monoisotopic (exact) mass is 532 g/mol. The number of aromatic nitrogens is 1. The molecule has 0 saturated heterocycles. The third-order valence-corrected chi connectivity index (χ3v) is 6.98. The lowest BCUT2D eigenvalue weighted by Gasteiger charge is -2.24. The van der Waals surface area contributed by atoms with Crippen molar-refractivity contribution in [1.82, 2.24) is 4.57 Å². The summed E-state index contributed by atoms with van der Waals surface area (Å²) in [6, 6.07) is 14.4. The molecule has 192 valence electrons. The first-order chi connectivity index (χ1) is 18.3. The van der Waals surface area contributed by atoms with E-state index in [2.05, 4.69) is 4.99 Å². The van der Waals surface area contributed by atoms with Gasteiger partial charge in [0.05, 0.1) is 34.0 Å². The molecule has 1 unspecified atom stereocenters. The van der Waals surface area contributed by atoms with Gasteiger partial charge in [-0.1, -0.05) is 35.6 Å². The average Bonchev–Trinajstić information content (AvgIpc) is 3.48. The van der Waals surface area contributed by atoms with Crippen molar-refractivity contribution in [2.45, 2.75) is 19.9 Å². The van der Waals surface area contributed by atoms with Crippen LogP contribution in [0.3, 0.4) is 0 Å². The zero-order valence-electron chi connectivity index (χ0n) is 20.3. The van der Waals surface area contributed by atoms with Gasteiger partial charge in [-0.15, -0.1) is 0 Å². The summed E-state index contributed by atoms with van der Waals surface area (Å²) in [5, 5.41) is 9.25. The first-order valence-electron chi connectivity index (χ1n) is 11.7. The number of carboxylic acids is 1. The first-order valence-corrected chi connectivity index (χ1v) is 12.5. The fourth-order valence-electron chi connectivity index (χ4n) is 4.27. The SMILES string of the molecule is CCOC(=O)C1=C(C)N=c2s/c(=C\c3ccc(-c4cccc(C(=O)O)c4)o3)c(=O)n2C1c1ccc(F)cc1. The molecule has 3 heterocycles. The van der Waals surface area contributed by atoms with Crippen molar-refractivity contribution in [3.05, 3.63) is 114 Å².